The lowest BCUT2D eigenvalue weighted by Gasteiger charge is -2.21. The van der Waals surface area contributed by atoms with Crippen LogP contribution in [0.2, 0.25) is 0 Å². The second-order valence-electron chi connectivity index (χ2n) is 5.65. The molecule has 0 amide bonds. The van der Waals surface area contributed by atoms with Crippen molar-refractivity contribution in [3.8, 4) is 11.4 Å². The number of nitrogens with one attached hydrogen (secondary N) is 1. The van der Waals surface area contributed by atoms with Gasteiger partial charge >= 0.3 is 0 Å². The van der Waals surface area contributed by atoms with Gasteiger partial charge in [-0.2, -0.15) is 0 Å². The molecule has 21 heavy (non-hydrogen) atoms. The molecule has 0 spiro atoms. The van der Waals surface area contributed by atoms with Gasteiger partial charge in [-0.05, 0) is 26.8 Å². The van der Waals surface area contributed by atoms with Crippen LogP contribution in [0.4, 0.5) is 5.82 Å². The first-order valence-electron chi connectivity index (χ1n) is 7.61. The SMILES string of the molecule is Cc1ccc(-c2nc(C)cc(N3CCCNCC3)n2)cc1. The molecule has 110 valence electrons. The largest absolute Gasteiger partial charge is 0.355 e. The van der Waals surface area contributed by atoms with Crippen molar-refractivity contribution in [1.82, 2.24) is 15.3 Å². The molecule has 1 aliphatic heterocycles. The second-order valence-corrected chi connectivity index (χ2v) is 5.65. The van der Waals surface area contributed by atoms with Gasteiger partial charge in [-0.3, -0.25) is 0 Å². The lowest BCUT2D eigenvalue weighted by molar-refractivity contribution is 0.724. The maximum atomic E-state index is 4.79. The zero-order valence-electron chi connectivity index (χ0n) is 12.8. The molecule has 4 nitrogen and oxygen atoms in total. The molecule has 0 saturated carbocycles. The van der Waals surface area contributed by atoms with E-state index in [-0.39, 0.29) is 0 Å². The topological polar surface area (TPSA) is 41.1 Å². The molecular formula is C17H22N4. The Balaban J connectivity index is 1.93. The van der Waals surface area contributed by atoms with E-state index in [1.54, 1.807) is 0 Å². The third-order valence-corrected chi connectivity index (χ3v) is 3.81. The number of rotatable bonds is 2. The van der Waals surface area contributed by atoms with Crippen molar-refractivity contribution in [3.63, 3.8) is 0 Å². The minimum absolute atomic E-state index is 0.821. The Morgan fingerprint density at radius 3 is 2.62 bits per heavy atom. The van der Waals surface area contributed by atoms with Crippen LogP contribution in [-0.2, 0) is 0 Å². The molecule has 0 bridgehead atoms. The van der Waals surface area contributed by atoms with Gasteiger partial charge in [-0.15, -0.1) is 0 Å². The van der Waals surface area contributed by atoms with Gasteiger partial charge in [-0.25, -0.2) is 9.97 Å². The van der Waals surface area contributed by atoms with Gasteiger partial charge in [0.05, 0.1) is 0 Å². The Morgan fingerprint density at radius 1 is 1.00 bits per heavy atom. The fourth-order valence-electron chi connectivity index (χ4n) is 2.62. The van der Waals surface area contributed by atoms with Gasteiger partial charge in [0.1, 0.15) is 5.82 Å². The number of aryl methyl sites for hydroxylation is 2. The predicted molar refractivity (Wildman–Crippen MR) is 86.6 cm³/mol. The molecule has 0 radical (unpaired) electrons. The maximum absolute atomic E-state index is 4.79. The Hall–Kier alpha value is -1.94. The van der Waals surface area contributed by atoms with Crippen molar-refractivity contribution < 1.29 is 0 Å². The number of hydrogen-bond donors (Lipinski definition) is 1. The van der Waals surface area contributed by atoms with Crippen molar-refractivity contribution in [3.05, 3.63) is 41.6 Å². The predicted octanol–water partition coefficient (Wildman–Crippen LogP) is 2.56. The van der Waals surface area contributed by atoms with E-state index in [4.69, 9.17) is 4.98 Å². The first-order valence-corrected chi connectivity index (χ1v) is 7.61. The second kappa shape index (κ2) is 6.22. The van der Waals surface area contributed by atoms with Crippen molar-refractivity contribution in [2.75, 3.05) is 31.1 Å². The molecule has 1 N–H and O–H groups in total. The minimum Gasteiger partial charge on any atom is -0.355 e. The van der Waals surface area contributed by atoms with Crippen molar-refractivity contribution in [1.29, 1.82) is 0 Å². The molecule has 0 unspecified atom stereocenters. The zero-order chi connectivity index (χ0) is 14.7. The summed E-state index contributed by atoms with van der Waals surface area (Å²) in [7, 11) is 0. The molecule has 4 heteroatoms. The summed E-state index contributed by atoms with van der Waals surface area (Å²) in [5.41, 5.74) is 3.36. The van der Waals surface area contributed by atoms with Crippen LogP contribution in [0.25, 0.3) is 11.4 Å². The average Bonchev–Trinajstić information content (AvgIpc) is 2.76. The summed E-state index contributed by atoms with van der Waals surface area (Å²) in [6.45, 7) is 8.30. The van der Waals surface area contributed by atoms with Crippen LogP contribution < -0.4 is 10.2 Å². The fraction of sp³-hybridized carbons (Fsp3) is 0.412. The lowest BCUT2D eigenvalue weighted by atomic mass is 10.1. The van der Waals surface area contributed by atoms with Crippen LogP contribution in [0.5, 0.6) is 0 Å². The highest BCUT2D eigenvalue weighted by molar-refractivity contribution is 5.58. The van der Waals surface area contributed by atoms with E-state index in [0.717, 1.165) is 55.5 Å². The van der Waals surface area contributed by atoms with E-state index in [2.05, 4.69) is 52.5 Å². The van der Waals surface area contributed by atoms with Gasteiger partial charge < -0.3 is 10.2 Å². The standard InChI is InChI=1S/C17H22N4/c1-13-4-6-15(7-5-13)17-19-14(2)12-16(20-17)21-10-3-8-18-9-11-21/h4-7,12,18H,3,8-11H2,1-2H3. The summed E-state index contributed by atoms with van der Waals surface area (Å²) in [4.78, 5) is 11.7. The van der Waals surface area contributed by atoms with Crippen molar-refractivity contribution in [2.45, 2.75) is 20.3 Å². The summed E-state index contributed by atoms with van der Waals surface area (Å²) in [6.07, 6.45) is 1.16. The number of nitrogens with zero attached hydrogens (tertiary/aromatic N) is 3. The van der Waals surface area contributed by atoms with Gasteiger partial charge in [0.25, 0.3) is 0 Å². The summed E-state index contributed by atoms with van der Waals surface area (Å²) in [5.74, 6) is 1.86. The summed E-state index contributed by atoms with van der Waals surface area (Å²) < 4.78 is 0. The molecule has 3 rings (SSSR count). The summed E-state index contributed by atoms with van der Waals surface area (Å²) in [6, 6.07) is 10.5. The Morgan fingerprint density at radius 2 is 1.81 bits per heavy atom. The Bertz CT molecular complexity index is 599. The third kappa shape index (κ3) is 3.39. The van der Waals surface area contributed by atoms with Gasteiger partial charge in [0.15, 0.2) is 5.82 Å². The van der Waals surface area contributed by atoms with Crippen molar-refractivity contribution in [2.24, 2.45) is 0 Å². The van der Waals surface area contributed by atoms with Crippen LogP contribution in [-0.4, -0.2) is 36.1 Å². The number of hydrogen-bond acceptors (Lipinski definition) is 4. The Labute approximate surface area is 126 Å². The molecule has 2 aromatic rings. The van der Waals surface area contributed by atoms with Crippen LogP contribution in [0, 0.1) is 13.8 Å². The molecule has 0 aliphatic carbocycles. The van der Waals surface area contributed by atoms with Crippen LogP contribution in [0.15, 0.2) is 30.3 Å². The highest BCUT2D eigenvalue weighted by Crippen LogP contribution is 2.21. The first-order chi connectivity index (χ1) is 10.2. The molecular weight excluding hydrogens is 260 g/mol. The van der Waals surface area contributed by atoms with E-state index >= 15 is 0 Å². The highest BCUT2D eigenvalue weighted by Gasteiger charge is 2.13. The number of benzene rings is 1. The quantitative estimate of drug-likeness (QED) is 0.919. The normalized spacial score (nSPS) is 15.8. The molecule has 0 atom stereocenters. The molecule has 1 aromatic heterocycles. The fourth-order valence-corrected chi connectivity index (χ4v) is 2.62. The van der Waals surface area contributed by atoms with Crippen molar-refractivity contribution >= 4 is 5.82 Å². The molecule has 1 saturated heterocycles. The molecule has 1 aliphatic rings. The zero-order valence-corrected chi connectivity index (χ0v) is 12.8. The number of anilines is 1. The summed E-state index contributed by atoms with van der Waals surface area (Å²) >= 11 is 0. The monoisotopic (exact) mass is 282 g/mol. The molecule has 1 aromatic carbocycles. The number of aromatic nitrogens is 2. The van der Waals surface area contributed by atoms with Crippen LogP contribution in [0.3, 0.4) is 0 Å². The molecule has 1 fully saturated rings. The minimum atomic E-state index is 0.821. The van der Waals surface area contributed by atoms with Crippen LogP contribution in [0.1, 0.15) is 17.7 Å². The first kappa shape index (κ1) is 14.0. The Kier molecular flexibility index (Phi) is 4.15. The average molecular weight is 282 g/mol. The van der Waals surface area contributed by atoms with E-state index in [1.165, 1.54) is 5.56 Å². The molecule has 2 heterocycles. The van der Waals surface area contributed by atoms with Crippen LogP contribution >= 0.6 is 0 Å². The van der Waals surface area contributed by atoms with E-state index in [0.29, 0.717) is 0 Å². The van der Waals surface area contributed by atoms with E-state index in [1.807, 2.05) is 6.92 Å². The smallest absolute Gasteiger partial charge is 0.161 e. The van der Waals surface area contributed by atoms with Gasteiger partial charge in [0.2, 0.25) is 0 Å². The van der Waals surface area contributed by atoms with E-state index in [9.17, 15) is 0 Å². The lowest BCUT2D eigenvalue weighted by Crippen LogP contribution is -2.28. The highest BCUT2D eigenvalue weighted by atomic mass is 15.2. The summed E-state index contributed by atoms with van der Waals surface area (Å²) in [5, 5.41) is 3.43. The maximum Gasteiger partial charge on any atom is 0.161 e. The van der Waals surface area contributed by atoms with E-state index < -0.39 is 0 Å². The van der Waals surface area contributed by atoms with Gasteiger partial charge in [0, 0.05) is 37.0 Å². The van der Waals surface area contributed by atoms with Gasteiger partial charge in [-0.1, -0.05) is 29.8 Å². The third-order valence-electron chi connectivity index (χ3n) is 3.81.